The highest BCUT2D eigenvalue weighted by molar-refractivity contribution is 5.91. The molecular weight excluding hydrogens is 330 g/mol. The molecule has 3 heterocycles. The number of nitrogens with one attached hydrogen (secondary N) is 1. The number of hydrogen-bond donors (Lipinski definition) is 1. The molecule has 0 bridgehead atoms. The third-order valence-electron chi connectivity index (χ3n) is 4.75. The van der Waals surface area contributed by atoms with Gasteiger partial charge in [0.15, 0.2) is 5.65 Å². The van der Waals surface area contributed by atoms with Crippen LogP contribution in [-0.4, -0.2) is 37.9 Å². The number of benzene rings is 1. The number of carbonyl (C=O) groups is 2. The Morgan fingerprint density at radius 2 is 2.04 bits per heavy atom. The maximum atomic E-state index is 12.7. The van der Waals surface area contributed by atoms with Crippen molar-refractivity contribution >= 4 is 23.3 Å². The van der Waals surface area contributed by atoms with E-state index in [0.717, 1.165) is 12.0 Å². The van der Waals surface area contributed by atoms with Gasteiger partial charge in [0.1, 0.15) is 5.82 Å². The van der Waals surface area contributed by atoms with Gasteiger partial charge >= 0.3 is 0 Å². The van der Waals surface area contributed by atoms with Gasteiger partial charge in [0, 0.05) is 25.7 Å². The van der Waals surface area contributed by atoms with Crippen molar-refractivity contribution in [2.45, 2.75) is 25.8 Å². The average Bonchev–Trinajstić information content (AvgIpc) is 3.11. The maximum absolute atomic E-state index is 12.7. The first-order valence-corrected chi connectivity index (χ1v) is 8.57. The standard InChI is InChI=1S/C19H19N5O2/c1-13(25)23-11-8-14-4-2-3-5-15(14)16(23)12-19(26)22-18-6-9-20-17-7-10-21-24(17)18/h2-7,9-10,16H,8,11-12H2,1H3,(H,22,26). The van der Waals surface area contributed by atoms with Crippen LogP contribution in [-0.2, 0) is 16.0 Å². The molecule has 2 aromatic heterocycles. The zero-order valence-corrected chi connectivity index (χ0v) is 14.4. The summed E-state index contributed by atoms with van der Waals surface area (Å²) in [5.74, 6) is 0.375. The molecule has 7 heteroatoms. The van der Waals surface area contributed by atoms with Gasteiger partial charge in [-0.25, -0.2) is 4.98 Å². The van der Waals surface area contributed by atoms with E-state index in [-0.39, 0.29) is 24.3 Å². The fourth-order valence-electron chi connectivity index (χ4n) is 3.55. The first-order valence-electron chi connectivity index (χ1n) is 8.57. The van der Waals surface area contributed by atoms with E-state index < -0.39 is 0 Å². The minimum atomic E-state index is -0.257. The van der Waals surface area contributed by atoms with Gasteiger partial charge in [-0.05, 0) is 23.6 Å². The molecule has 1 N–H and O–H groups in total. The normalized spacial score (nSPS) is 16.3. The minimum Gasteiger partial charge on any atom is -0.335 e. The van der Waals surface area contributed by atoms with E-state index in [1.807, 2.05) is 18.2 Å². The topological polar surface area (TPSA) is 79.6 Å². The minimum absolute atomic E-state index is 0.0179. The molecule has 1 aliphatic rings. The van der Waals surface area contributed by atoms with E-state index in [1.54, 1.807) is 40.9 Å². The molecule has 26 heavy (non-hydrogen) atoms. The van der Waals surface area contributed by atoms with Gasteiger partial charge in [-0.1, -0.05) is 24.3 Å². The number of rotatable bonds is 3. The lowest BCUT2D eigenvalue weighted by atomic mass is 9.90. The van der Waals surface area contributed by atoms with Crippen LogP contribution in [0.1, 0.15) is 30.5 Å². The predicted octanol–water partition coefficient (Wildman–Crippen LogP) is 2.20. The van der Waals surface area contributed by atoms with Crippen molar-refractivity contribution in [1.82, 2.24) is 19.5 Å². The number of anilines is 1. The summed E-state index contributed by atoms with van der Waals surface area (Å²) in [5, 5.41) is 7.06. The summed E-state index contributed by atoms with van der Waals surface area (Å²) in [6.07, 6.45) is 4.27. The van der Waals surface area contributed by atoms with Gasteiger partial charge in [0.05, 0.1) is 18.7 Å². The highest BCUT2D eigenvalue weighted by Gasteiger charge is 2.30. The van der Waals surface area contributed by atoms with Crippen molar-refractivity contribution in [3.63, 3.8) is 0 Å². The molecule has 0 saturated heterocycles. The number of nitrogens with zero attached hydrogens (tertiary/aromatic N) is 4. The second-order valence-electron chi connectivity index (χ2n) is 6.36. The van der Waals surface area contributed by atoms with E-state index in [2.05, 4.69) is 21.5 Å². The SMILES string of the molecule is CC(=O)N1CCc2ccccc2C1CC(=O)Nc1ccnc2ccnn12. The first-order chi connectivity index (χ1) is 12.6. The largest absolute Gasteiger partial charge is 0.335 e. The first kappa shape index (κ1) is 16.3. The summed E-state index contributed by atoms with van der Waals surface area (Å²) >= 11 is 0. The maximum Gasteiger partial charge on any atom is 0.227 e. The number of carbonyl (C=O) groups excluding carboxylic acids is 2. The lowest BCUT2D eigenvalue weighted by Crippen LogP contribution is -2.40. The molecule has 1 aliphatic heterocycles. The molecule has 1 unspecified atom stereocenters. The molecular formula is C19H19N5O2. The lowest BCUT2D eigenvalue weighted by Gasteiger charge is -2.36. The van der Waals surface area contributed by atoms with Crippen LogP contribution in [0.25, 0.3) is 5.65 Å². The van der Waals surface area contributed by atoms with Gasteiger partial charge in [-0.15, -0.1) is 0 Å². The molecule has 2 amide bonds. The summed E-state index contributed by atoms with van der Waals surface area (Å²) in [5.41, 5.74) is 2.90. The molecule has 4 rings (SSSR count). The third-order valence-corrected chi connectivity index (χ3v) is 4.75. The van der Waals surface area contributed by atoms with E-state index >= 15 is 0 Å². The quantitative estimate of drug-likeness (QED) is 0.786. The van der Waals surface area contributed by atoms with Crippen LogP contribution in [0, 0.1) is 0 Å². The Morgan fingerprint density at radius 1 is 1.19 bits per heavy atom. The number of fused-ring (bicyclic) bond motifs is 2. The van der Waals surface area contributed by atoms with E-state index in [0.29, 0.717) is 18.0 Å². The van der Waals surface area contributed by atoms with Crippen molar-refractivity contribution in [2.75, 3.05) is 11.9 Å². The van der Waals surface area contributed by atoms with Crippen molar-refractivity contribution in [1.29, 1.82) is 0 Å². The summed E-state index contributed by atoms with van der Waals surface area (Å²) in [7, 11) is 0. The number of aromatic nitrogens is 3. The Hall–Kier alpha value is -3.22. The van der Waals surface area contributed by atoms with Crippen LogP contribution in [0.15, 0.2) is 48.8 Å². The summed E-state index contributed by atoms with van der Waals surface area (Å²) in [6, 6.07) is 11.2. The summed E-state index contributed by atoms with van der Waals surface area (Å²) in [6.45, 7) is 2.18. The monoisotopic (exact) mass is 349 g/mol. The second-order valence-corrected chi connectivity index (χ2v) is 6.36. The van der Waals surface area contributed by atoms with Gasteiger partial charge in [0.25, 0.3) is 0 Å². The van der Waals surface area contributed by atoms with E-state index in [1.165, 1.54) is 5.56 Å². The molecule has 1 aromatic carbocycles. The highest BCUT2D eigenvalue weighted by Crippen LogP contribution is 2.32. The fourth-order valence-corrected chi connectivity index (χ4v) is 3.55. The van der Waals surface area contributed by atoms with Gasteiger partial charge in [-0.3, -0.25) is 9.59 Å². The average molecular weight is 349 g/mol. The van der Waals surface area contributed by atoms with Crippen LogP contribution in [0.5, 0.6) is 0 Å². The highest BCUT2D eigenvalue weighted by atomic mass is 16.2. The van der Waals surface area contributed by atoms with Crippen LogP contribution >= 0.6 is 0 Å². The predicted molar refractivity (Wildman–Crippen MR) is 96.5 cm³/mol. The Balaban J connectivity index is 1.59. The molecule has 0 spiro atoms. The zero-order valence-electron chi connectivity index (χ0n) is 14.4. The molecule has 0 saturated carbocycles. The molecule has 0 fully saturated rings. The van der Waals surface area contributed by atoms with E-state index in [4.69, 9.17) is 0 Å². The van der Waals surface area contributed by atoms with E-state index in [9.17, 15) is 9.59 Å². The molecule has 0 aliphatic carbocycles. The van der Waals surface area contributed by atoms with Crippen LogP contribution < -0.4 is 5.32 Å². The van der Waals surface area contributed by atoms with Crippen LogP contribution in [0.2, 0.25) is 0 Å². The Morgan fingerprint density at radius 3 is 2.88 bits per heavy atom. The van der Waals surface area contributed by atoms with Crippen molar-refractivity contribution in [3.8, 4) is 0 Å². The van der Waals surface area contributed by atoms with Crippen molar-refractivity contribution < 1.29 is 9.59 Å². The van der Waals surface area contributed by atoms with Crippen molar-refractivity contribution in [2.24, 2.45) is 0 Å². The van der Waals surface area contributed by atoms with Gasteiger partial charge in [-0.2, -0.15) is 9.61 Å². The van der Waals surface area contributed by atoms with Crippen LogP contribution in [0.3, 0.4) is 0 Å². The summed E-state index contributed by atoms with van der Waals surface area (Å²) < 4.78 is 1.58. The molecule has 0 radical (unpaired) electrons. The number of hydrogen-bond acceptors (Lipinski definition) is 4. The third kappa shape index (κ3) is 2.92. The lowest BCUT2D eigenvalue weighted by molar-refractivity contribution is -0.132. The Labute approximate surface area is 150 Å². The molecule has 7 nitrogen and oxygen atoms in total. The van der Waals surface area contributed by atoms with Gasteiger partial charge in [0.2, 0.25) is 11.8 Å². The Bertz CT molecular complexity index is 981. The molecule has 1 atom stereocenters. The van der Waals surface area contributed by atoms with Crippen molar-refractivity contribution in [3.05, 3.63) is 59.9 Å². The smallest absolute Gasteiger partial charge is 0.227 e. The fraction of sp³-hybridized carbons (Fsp3) is 0.263. The molecule has 132 valence electrons. The number of amides is 2. The zero-order chi connectivity index (χ0) is 18.1. The second kappa shape index (κ2) is 6.59. The van der Waals surface area contributed by atoms with Gasteiger partial charge < -0.3 is 10.2 Å². The van der Waals surface area contributed by atoms with Crippen LogP contribution in [0.4, 0.5) is 5.82 Å². The summed E-state index contributed by atoms with van der Waals surface area (Å²) in [4.78, 5) is 30.7. The Kier molecular flexibility index (Phi) is 4.12. The molecule has 3 aromatic rings.